The molecule has 1 amide bonds. The zero-order chi connectivity index (χ0) is 21.1. The smallest absolute Gasteiger partial charge is 0.237 e. The van der Waals surface area contributed by atoms with Gasteiger partial charge < -0.3 is 9.64 Å². The van der Waals surface area contributed by atoms with E-state index in [4.69, 9.17) is 4.74 Å². The molecule has 5 rings (SSSR count). The van der Waals surface area contributed by atoms with Gasteiger partial charge in [-0.15, -0.1) is 0 Å². The highest BCUT2D eigenvalue weighted by Gasteiger charge is 2.64. The number of carbonyl (C=O) groups is 1. The first-order valence-corrected chi connectivity index (χ1v) is 12.5. The zero-order valence-corrected chi connectivity index (χ0v) is 18.0. The Morgan fingerprint density at radius 2 is 2.00 bits per heavy atom. The molecule has 30 heavy (non-hydrogen) atoms. The zero-order valence-electron chi connectivity index (χ0n) is 17.2. The molecule has 4 heterocycles. The van der Waals surface area contributed by atoms with Crippen LogP contribution >= 0.6 is 0 Å². The molecule has 4 saturated heterocycles. The average molecular weight is 438 g/mol. The maximum Gasteiger partial charge on any atom is 0.237 e. The van der Waals surface area contributed by atoms with Crippen molar-refractivity contribution in [2.75, 3.05) is 45.5 Å². The largest absolute Gasteiger partial charge is 0.370 e. The van der Waals surface area contributed by atoms with Crippen LogP contribution in [0.4, 0.5) is 4.39 Å². The standard InChI is InChI=1S/C21H28FN3O4S/c1-30(27,28)25-12-18-17(19-6-7-21(18,14-25)29-19)11-23-8-9-24(20(26)13-23)10-15-2-4-16(22)5-3-15/h2-5,17-19H,6-14H2,1H3/t17-,18+,19+,21+/m0/s1. The number of halogens is 1. The number of rotatable bonds is 5. The van der Waals surface area contributed by atoms with Crippen LogP contribution in [0.1, 0.15) is 18.4 Å². The maximum absolute atomic E-state index is 13.1. The van der Waals surface area contributed by atoms with Crippen molar-refractivity contribution in [3.8, 4) is 0 Å². The van der Waals surface area contributed by atoms with Crippen LogP contribution in [0.15, 0.2) is 24.3 Å². The van der Waals surface area contributed by atoms with Crippen molar-refractivity contribution < 1.29 is 22.3 Å². The average Bonchev–Trinajstić information content (AvgIpc) is 3.35. The van der Waals surface area contributed by atoms with Gasteiger partial charge in [0.1, 0.15) is 5.82 Å². The van der Waals surface area contributed by atoms with Gasteiger partial charge in [0.15, 0.2) is 0 Å². The van der Waals surface area contributed by atoms with E-state index in [0.29, 0.717) is 32.7 Å². The third kappa shape index (κ3) is 3.55. The molecule has 0 N–H and O–H groups in total. The van der Waals surface area contributed by atoms with Crippen molar-refractivity contribution in [3.05, 3.63) is 35.6 Å². The molecular formula is C21H28FN3O4S. The normalized spacial score (nSPS) is 34.7. The molecule has 164 valence electrons. The van der Waals surface area contributed by atoms with Gasteiger partial charge in [0, 0.05) is 51.1 Å². The van der Waals surface area contributed by atoms with Crippen molar-refractivity contribution in [3.63, 3.8) is 0 Å². The molecule has 1 aromatic rings. The minimum absolute atomic E-state index is 0.0774. The summed E-state index contributed by atoms with van der Waals surface area (Å²) >= 11 is 0. The molecule has 4 atom stereocenters. The summed E-state index contributed by atoms with van der Waals surface area (Å²) in [6, 6.07) is 6.27. The Kier molecular flexibility index (Phi) is 4.92. The number of fused-ring (bicyclic) bond motifs is 1. The molecule has 4 fully saturated rings. The molecule has 0 aromatic heterocycles. The van der Waals surface area contributed by atoms with Gasteiger partial charge in [-0.25, -0.2) is 12.8 Å². The third-order valence-electron chi connectivity index (χ3n) is 7.38. The molecule has 4 aliphatic rings. The predicted octanol–water partition coefficient (Wildman–Crippen LogP) is 0.909. The summed E-state index contributed by atoms with van der Waals surface area (Å²) in [6.07, 6.45) is 3.33. The van der Waals surface area contributed by atoms with Crippen LogP contribution in [0.3, 0.4) is 0 Å². The number of amides is 1. The molecule has 9 heteroatoms. The Labute approximate surface area is 176 Å². The van der Waals surface area contributed by atoms with E-state index >= 15 is 0 Å². The number of sulfonamides is 1. The number of piperazine rings is 1. The maximum atomic E-state index is 13.1. The van der Waals surface area contributed by atoms with Gasteiger partial charge in [-0.05, 0) is 30.5 Å². The van der Waals surface area contributed by atoms with Gasteiger partial charge in [0.2, 0.25) is 15.9 Å². The lowest BCUT2D eigenvalue weighted by atomic mass is 9.73. The van der Waals surface area contributed by atoms with Crippen LogP contribution in [-0.4, -0.2) is 85.7 Å². The first-order valence-electron chi connectivity index (χ1n) is 10.6. The van der Waals surface area contributed by atoms with Crippen LogP contribution in [0.25, 0.3) is 0 Å². The molecule has 4 aliphatic heterocycles. The fraction of sp³-hybridized carbons (Fsp3) is 0.667. The predicted molar refractivity (Wildman–Crippen MR) is 108 cm³/mol. The third-order valence-corrected chi connectivity index (χ3v) is 8.59. The van der Waals surface area contributed by atoms with Gasteiger partial charge in [0.25, 0.3) is 0 Å². The highest BCUT2D eigenvalue weighted by atomic mass is 32.2. The minimum Gasteiger partial charge on any atom is -0.370 e. The quantitative estimate of drug-likeness (QED) is 0.685. The summed E-state index contributed by atoms with van der Waals surface area (Å²) in [5, 5.41) is 0. The first kappa shape index (κ1) is 20.4. The van der Waals surface area contributed by atoms with Crippen LogP contribution < -0.4 is 0 Å². The van der Waals surface area contributed by atoms with E-state index in [1.807, 2.05) is 4.90 Å². The molecule has 7 nitrogen and oxygen atoms in total. The van der Waals surface area contributed by atoms with E-state index in [0.717, 1.165) is 31.5 Å². The van der Waals surface area contributed by atoms with E-state index in [1.54, 1.807) is 16.4 Å². The lowest BCUT2D eigenvalue weighted by molar-refractivity contribution is -0.137. The van der Waals surface area contributed by atoms with Gasteiger partial charge in [-0.3, -0.25) is 9.69 Å². The second kappa shape index (κ2) is 7.25. The number of nitrogens with zero attached hydrogens (tertiary/aromatic N) is 3. The van der Waals surface area contributed by atoms with E-state index < -0.39 is 10.0 Å². The summed E-state index contributed by atoms with van der Waals surface area (Å²) in [5.74, 6) is 0.274. The lowest BCUT2D eigenvalue weighted by Gasteiger charge is -2.38. The molecule has 2 bridgehead atoms. The van der Waals surface area contributed by atoms with Crippen LogP contribution in [0.2, 0.25) is 0 Å². The van der Waals surface area contributed by atoms with Crippen molar-refractivity contribution >= 4 is 15.9 Å². The topological polar surface area (TPSA) is 70.2 Å². The number of ether oxygens (including phenoxy) is 1. The summed E-state index contributed by atoms with van der Waals surface area (Å²) in [4.78, 5) is 16.7. The number of hydrogen-bond donors (Lipinski definition) is 0. The Bertz CT molecular complexity index is 940. The summed E-state index contributed by atoms with van der Waals surface area (Å²) in [7, 11) is -3.22. The molecular weight excluding hydrogens is 409 g/mol. The Balaban J connectivity index is 1.21. The number of hydrogen-bond acceptors (Lipinski definition) is 5. The van der Waals surface area contributed by atoms with Crippen molar-refractivity contribution in [2.24, 2.45) is 11.8 Å². The molecule has 0 aliphatic carbocycles. The second-order valence-corrected chi connectivity index (χ2v) is 11.2. The van der Waals surface area contributed by atoms with Gasteiger partial charge in [-0.1, -0.05) is 12.1 Å². The second-order valence-electron chi connectivity index (χ2n) is 9.26. The van der Waals surface area contributed by atoms with Crippen molar-refractivity contribution in [2.45, 2.75) is 31.1 Å². The Morgan fingerprint density at radius 1 is 1.23 bits per heavy atom. The highest BCUT2D eigenvalue weighted by Crippen LogP contribution is 2.55. The summed E-state index contributed by atoms with van der Waals surface area (Å²) in [6.45, 7) is 4.04. The van der Waals surface area contributed by atoms with E-state index in [9.17, 15) is 17.6 Å². The van der Waals surface area contributed by atoms with E-state index in [-0.39, 0.29) is 35.3 Å². The molecule has 1 aromatic carbocycles. The van der Waals surface area contributed by atoms with Gasteiger partial charge in [0.05, 0.1) is 24.5 Å². The first-order chi connectivity index (χ1) is 14.2. The summed E-state index contributed by atoms with van der Waals surface area (Å²) < 4.78 is 45.1. The Morgan fingerprint density at radius 3 is 2.70 bits per heavy atom. The SMILES string of the molecule is CS(=O)(=O)N1C[C@@H]2[C@H](CN3CCN(Cc4ccc(F)cc4)C(=O)C3)[C@H]3CC[C@]2(C1)O3. The van der Waals surface area contributed by atoms with Gasteiger partial charge >= 0.3 is 0 Å². The van der Waals surface area contributed by atoms with E-state index in [1.165, 1.54) is 18.4 Å². The van der Waals surface area contributed by atoms with Gasteiger partial charge in [-0.2, -0.15) is 4.31 Å². The van der Waals surface area contributed by atoms with Crippen molar-refractivity contribution in [1.82, 2.24) is 14.1 Å². The van der Waals surface area contributed by atoms with Crippen LogP contribution in [-0.2, 0) is 26.1 Å². The summed E-state index contributed by atoms with van der Waals surface area (Å²) in [5.41, 5.74) is 0.598. The van der Waals surface area contributed by atoms with Crippen LogP contribution in [0.5, 0.6) is 0 Å². The Hall–Kier alpha value is -1.55. The monoisotopic (exact) mass is 437 g/mol. The van der Waals surface area contributed by atoms with Crippen LogP contribution in [0, 0.1) is 17.7 Å². The number of carbonyl (C=O) groups excluding carboxylic acids is 1. The fourth-order valence-electron chi connectivity index (χ4n) is 5.83. The molecule has 1 spiro atoms. The van der Waals surface area contributed by atoms with Crippen molar-refractivity contribution in [1.29, 1.82) is 0 Å². The van der Waals surface area contributed by atoms with E-state index in [2.05, 4.69) is 4.90 Å². The fourth-order valence-corrected chi connectivity index (χ4v) is 6.72. The number of benzene rings is 1. The highest BCUT2D eigenvalue weighted by molar-refractivity contribution is 7.88. The lowest BCUT2D eigenvalue weighted by Crippen LogP contribution is -2.52. The molecule has 0 saturated carbocycles. The minimum atomic E-state index is -3.22. The molecule has 0 radical (unpaired) electrons. The molecule has 0 unspecified atom stereocenters.